The normalized spacial score (nSPS) is 21.7. The van der Waals surface area contributed by atoms with Crippen molar-refractivity contribution in [2.24, 2.45) is 0 Å². The molecule has 1 unspecified atom stereocenters. The van der Waals surface area contributed by atoms with E-state index in [2.05, 4.69) is 12.2 Å². The Morgan fingerprint density at radius 3 is 2.48 bits per heavy atom. The van der Waals surface area contributed by atoms with Crippen molar-refractivity contribution in [2.75, 3.05) is 20.3 Å². The highest BCUT2D eigenvalue weighted by atomic mass is 16.5. The summed E-state index contributed by atoms with van der Waals surface area (Å²) in [5.74, 6) is -0.269. The van der Waals surface area contributed by atoms with Crippen molar-refractivity contribution in [3.8, 4) is 0 Å². The summed E-state index contributed by atoms with van der Waals surface area (Å²) in [6.07, 6.45) is 3.17. The molecule has 114 valence electrons. The lowest BCUT2D eigenvalue weighted by Gasteiger charge is -2.26. The van der Waals surface area contributed by atoms with E-state index in [9.17, 15) is 9.59 Å². The minimum Gasteiger partial charge on any atom is -0.378 e. The predicted octanol–water partition coefficient (Wildman–Crippen LogP) is 2.27. The molecule has 1 fully saturated rings. The fourth-order valence-corrected chi connectivity index (χ4v) is 2.48. The highest BCUT2D eigenvalue weighted by Crippen LogP contribution is 2.29. The van der Waals surface area contributed by atoms with Crippen molar-refractivity contribution in [2.45, 2.75) is 31.7 Å². The molecule has 0 saturated carbocycles. The van der Waals surface area contributed by atoms with Gasteiger partial charge in [-0.25, -0.2) is 4.79 Å². The van der Waals surface area contributed by atoms with E-state index in [-0.39, 0.29) is 18.5 Å². The molecule has 2 rings (SSSR count). The molecule has 3 amide bonds. The number of nitrogens with zero attached hydrogens (tertiary/aromatic N) is 1. The third kappa shape index (κ3) is 3.08. The fraction of sp³-hybridized carbons (Fsp3) is 0.500. The van der Waals surface area contributed by atoms with Crippen LogP contribution in [0.3, 0.4) is 0 Å². The highest BCUT2D eigenvalue weighted by Gasteiger charge is 2.51. The van der Waals surface area contributed by atoms with Crippen LogP contribution in [0.25, 0.3) is 0 Å². The van der Waals surface area contributed by atoms with Gasteiger partial charge in [0.2, 0.25) is 0 Å². The number of rotatable bonds is 7. The van der Waals surface area contributed by atoms with Crippen molar-refractivity contribution in [1.82, 2.24) is 10.2 Å². The smallest absolute Gasteiger partial charge is 0.325 e. The summed E-state index contributed by atoms with van der Waals surface area (Å²) >= 11 is 0. The van der Waals surface area contributed by atoms with Crippen molar-refractivity contribution < 1.29 is 14.3 Å². The lowest BCUT2D eigenvalue weighted by molar-refractivity contribution is -0.133. The number of likely N-dealkylation sites (N-methyl/N-ethyl adjacent to an activating group) is 1. The molecule has 1 atom stereocenters. The maximum absolute atomic E-state index is 12.5. The number of imide groups is 1. The van der Waals surface area contributed by atoms with E-state index in [1.165, 1.54) is 7.05 Å². The molecule has 0 spiro atoms. The zero-order valence-electron chi connectivity index (χ0n) is 12.6. The number of amides is 3. The van der Waals surface area contributed by atoms with Crippen molar-refractivity contribution in [3.05, 3.63) is 35.9 Å². The zero-order valence-corrected chi connectivity index (χ0v) is 12.6. The topological polar surface area (TPSA) is 58.6 Å². The van der Waals surface area contributed by atoms with E-state index < -0.39 is 5.54 Å². The van der Waals surface area contributed by atoms with Gasteiger partial charge in [0.1, 0.15) is 0 Å². The minimum absolute atomic E-state index is 0.162. The Hall–Kier alpha value is -1.88. The van der Waals surface area contributed by atoms with Gasteiger partial charge in [-0.3, -0.25) is 9.69 Å². The predicted molar refractivity (Wildman–Crippen MR) is 79.8 cm³/mol. The molecule has 0 radical (unpaired) electrons. The number of unbranched alkanes of at least 4 members (excludes halogenated alkanes) is 2. The van der Waals surface area contributed by atoms with Crippen LogP contribution in [0.15, 0.2) is 30.3 Å². The zero-order chi connectivity index (χ0) is 15.3. The van der Waals surface area contributed by atoms with E-state index in [1.54, 1.807) is 0 Å². The summed E-state index contributed by atoms with van der Waals surface area (Å²) in [5, 5.41) is 2.79. The molecule has 5 heteroatoms. The Morgan fingerprint density at radius 1 is 1.19 bits per heavy atom. The van der Waals surface area contributed by atoms with Crippen LogP contribution in [-0.4, -0.2) is 37.1 Å². The average molecular weight is 290 g/mol. The summed E-state index contributed by atoms with van der Waals surface area (Å²) in [5.41, 5.74) is -0.345. The number of nitrogens with one attached hydrogen (secondary N) is 1. The monoisotopic (exact) mass is 290 g/mol. The summed E-state index contributed by atoms with van der Waals surface area (Å²) < 4.78 is 5.68. The van der Waals surface area contributed by atoms with Crippen LogP contribution in [0.4, 0.5) is 4.79 Å². The van der Waals surface area contributed by atoms with Gasteiger partial charge in [0.25, 0.3) is 5.91 Å². The Kier molecular flexibility index (Phi) is 4.96. The molecule has 5 nitrogen and oxygen atoms in total. The van der Waals surface area contributed by atoms with Crippen LogP contribution in [0.1, 0.15) is 31.7 Å². The summed E-state index contributed by atoms with van der Waals surface area (Å²) in [4.78, 5) is 25.5. The van der Waals surface area contributed by atoms with Gasteiger partial charge in [-0.1, -0.05) is 50.1 Å². The maximum Gasteiger partial charge on any atom is 0.325 e. The van der Waals surface area contributed by atoms with Gasteiger partial charge >= 0.3 is 6.03 Å². The first-order valence-electron chi connectivity index (χ1n) is 7.35. The number of urea groups is 1. The van der Waals surface area contributed by atoms with Crippen molar-refractivity contribution >= 4 is 11.9 Å². The molecule has 1 aliphatic heterocycles. The maximum atomic E-state index is 12.5. The molecular weight excluding hydrogens is 268 g/mol. The molecule has 1 aromatic carbocycles. The summed E-state index contributed by atoms with van der Waals surface area (Å²) in [6, 6.07) is 8.88. The molecule has 21 heavy (non-hydrogen) atoms. The van der Waals surface area contributed by atoms with Crippen LogP contribution >= 0.6 is 0 Å². The van der Waals surface area contributed by atoms with Gasteiger partial charge in [0.05, 0.1) is 6.61 Å². The molecular formula is C16H22N2O3. The average Bonchev–Trinajstić information content (AvgIpc) is 2.73. The van der Waals surface area contributed by atoms with Gasteiger partial charge in [-0.15, -0.1) is 0 Å². The van der Waals surface area contributed by atoms with Crippen LogP contribution in [0.2, 0.25) is 0 Å². The van der Waals surface area contributed by atoms with Crippen LogP contribution in [-0.2, 0) is 15.1 Å². The Balaban J connectivity index is 2.16. The van der Waals surface area contributed by atoms with E-state index >= 15 is 0 Å². The lowest BCUT2D eigenvalue weighted by atomic mass is 9.90. The number of ether oxygens (including phenoxy) is 1. The van der Waals surface area contributed by atoms with E-state index in [1.807, 2.05) is 30.3 Å². The molecule has 0 bridgehead atoms. The number of benzene rings is 1. The Morgan fingerprint density at radius 2 is 1.90 bits per heavy atom. The fourth-order valence-electron chi connectivity index (χ4n) is 2.48. The number of hydrogen-bond acceptors (Lipinski definition) is 3. The van der Waals surface area contributed by atoms with Crippen LogP contribution in [0, 0.1) is 0 Å². The summed E-state index contributed by atoms with van der Waals surface area (Å²) in [6.45, 7) is 2.88. The Labute approximate surface area is 125 Å². The van der Waals surface area contributed by atoms with Crippen LogP contribution < -0.4 is 5.32 Å². The molecule has 1 aliphatic rings. The quantitative estimate of drug-likeness (QED) is 0.619. The van der Waals surface area contributed by atoms with Gasteiger partial charge in [0.15, 0.2) is 5.54 Å². The first-order chi connectivity index (χ1) is 10.1. The number of hydrogen-bond donors (Lipinski definition) is 1. The van der Waals surface area contributed by atoms with Crippen molar-refractivity contribution in [3.63, 3.8) is 0 Å². The van der Waals surface area contributed by atoms with E-state index in [4.69, 9.17) is 4.74 Å². The lowest BCUT2D eigenvalue weighted by Crippen LogP contribution is -2.48. The molecule has 1 heterocycles. The number of carbonyl (C=O) groups excluding carboxylic acids is 2. The van der Waals surface area contributed by atoms with Gasteiger partial charge in [0, 0.05) is 13.7 Å². The second-order valence-corrected chi connectivity index (χ2v) is 5.33. The standard InChI is InChI=1S/C16H22N2O3/c1-3-4-8-11-21-12-16(13-9-6-5-7-10-13)14(19)18(2)15(20)17-16/h5-7,9-10H,3-4,8,11-12H2,1-2H3,(H,17,20). The van der Waals surface area contributed by atoms with Gasteiger partial charge in [-0.05, 0) is 12.0 Å². The summed E-state index contributed by atoms with van der Waals surface area (Å²) in [7, 11) is 1.49. The van der Waals surface area contributed by atoms with Gasteiger partial charge < -0.3 is 10.1 Å². The molecule has 0 aliphatic carbocycles. The van der Waals surface area contributed by atoms with Crippen molar-refractivity contribution in [1.29, 1.82) is 0 Å². The van der Waals surface area contributed by atoms with E-state index in [0.29, 0.717) is 6.61 Å². The third-order valence-corrected chi connectivity index (χ3v) is 3.77. The second kappa shape index (κ2) is 6.72. The van der Waals surface area contributed by atoms with Gasteiger partial charge in [-0.2, -0.15) is 0 Å². The molecule has 1 aromatic rings. The SMILES string of the molecule is CCCCCOCC1(c2ccccc2)NC(=O)N(C)C1=O. The highest BCUT2D eigenvalue weighted by molar-refractivity contribution is 6.07. The first kappa shape index (κ1) is 15.5. The number of carbonyl (C=O) groups is 2. The second-order valence-electron chi connectivity index (χ2n) is 5.33. The molecule has 1 N–H and O–H groups in total. The minimum atomic E-state index is -1.10. The Bertz CT molecular complexity index is 504. The third-order valence-electron chi connectivity index (χ3n) is 3.77. The molecule has 0 aromatic heterocycles. The largest absolute Gasteiger partial charge is 0.378 e. The first-order valence-corrected chi connectivity index (χ1v) is 7.35. The van der Waals surface area contributed by atoms with E-state index in [0.717, 1.165) is 29.7 Å². The van der Waals surface area contributed by atoms with Crippen LogP contribution in [0.5, 0.6) is 0 Å². The molecule has 1 saturated heterocycles.